The topological polar surface area (TPSA) is 65.5 Å². The molecule has 5 nitrogen and oxygen atoms in total. The van der Waals surface area contributed by atoms with Crippen molar-refractivity contribution in [2.75, 3.05) is 29.6 Å². The standard InChI is InChI=1S/C22H23N3O2S/c1-25(18-7-3-2-4-8-18)20-10-6-5-9-19(20)22(27)24-21-15-17(11-12-23-21)16-28-14-13-26/h2-12,15,26H,13-14,16H2,1H3,(H,23,24,27). The van der Waals surface area contributed by atoms with Crippen LogP contribution in [-0.2, 0) is 5.75 Å². The number of aliphatic hydroxyl groups excluding tert-OH is 1. The maximum atomic E-state index is 12.9. The molecule has 1 aromatic heterocycles. The molecule has 0 saturated heterocycles. The lowest BCUT2D eigenvalue weighted by molar-refractivity contribution is 0.102. The van der Waals surface area contributed by atoms with Gasteiger partial charge in [-0.25, -0.2) is 4.98 Å². The van der Waals surface area contributed by atoms with Crippen LogP contribution in [0.25, 0.3) is 0 Å². The molecule has 0 aliphatic carbocycles. The van der Waals surface area contributed by atoms with Crippen molar-refractivity contribution in [2.24, 2.45) is 0 Å². The fourth-order valence-electron chi connectivity index (χ4n) is 2.82. The van der Waals surface area contributed by atoms with Gasteiger partial charge in [0.05, 0.1) is 17.9 Å². The molecular weight excluding hydrogens is 370 g/mol. The van der Waals surface area contributed by atoms with Crippen LogP contribution in [-0.4, -0.2) is 35.4 Å². The number of nitrogens with one attached hydrogen (secondary N) is 1. The van der Waals surface area contributed by atoms with Crippen molar-refractivity contribution in [1.82, 2.24) is 4.98 Å². The summed E-state index contributed by atoms with van der Waals surface area (Å²) in [6.45, 7) is 0.158. The number of rotatable bonds is 8. The van der Waals surface area contributed by atoms with Crippen LogP contribution in [0.4, 0.5) is 17.2 Å². The normalized spacial score (nSPS) is 10.5. The van der Waals surface area contributed by atoms with Crippen LogP contribution in [0.2, 0.25) is 0 Å². The number of aliphatic hydroxyl groups is 1. The van der Waals surface area contributed by atoms with E-state index in [4.69, 9.17) is 5.11 Å². The molecule has 3 aromatic rings. The Kier molecular flexibility index (Phi) is 7.06. The molecular formula is C22H23N3O2S. The number of pyridine rings is 1. The molecule has 144 valence electrons. The minimum Gasteiger partial charge on any atom is -0.396 e. The van der Waals surface area contributed by atoms with E-state index in [-0.39, 0.29) is 12.5 Å². The molecule has 0 saturated carbocycles. The molecule has 0 unspecified atom stereocenters. The monoisotopic (exact) mass is 393 g/mol. The second-order valence-electron chi connectivity index (χ2n) is 6.19. The first-order chi connectivity index (χ1) is 13.7. The second kappa shape index (κ2) is 9.92. The minimum absolute atomic E-state index is 0.158. The predicted octanol–water partition coefficient (Wildman–Crippen LogP) is 4.33. The van der Waals surface area contributed by atoms with E-state index in [0.717, 1.165) is 22.7 Å². The van der Waals surface area contributed by atoms with Crippen LogP contribution < -0.4 is 10.2 Å². The van der Waals surface area contributed by atoms with Crippen LogP contribution in [0.1, 0.15) is 15.9 Å². The number of anilines is 3. The van der Waals surface area contributed by atoms with E-state index in [1.54, 1.807) is 18.0 Å². The Morgan fingerprint density at radius 3 is 2.64 bits per heavy atom. The number of carbonyl (C=O) groups excluding carboxylic acids is 1. The lowest BCUT2D eigenvalue weighted by Crippen LogP contribution is -2.19. The lowest BCUT2D eigenvalue weighted by atomic mass is 10.1. The lowest BCUT2D eigenvalue weighted by Gasteiger charge is -2.22. The van der Waals surface area contributed by atoms with Crippen LogP contribution in [0, 0.1) is 0 Å². The van der Waals surface area contributed by atoms with E-state index in [0.29, 0.717) is 17.1 Å². The summed E-state index contributed by atoms with van der Waals surface area (Å²) in [6.07, 6.45) is 1.69. The molecule has 0 atom stereocenters. The molecule has 2 N–H and O–H groups in total. The molecule has 28 heavy (non-hydrogen) atoms. The number of benzene rings is 2. The van der Waals surface area contributed by atoms with Crippen LogP contribution in [0.3, 0.4) is 0 Å². The molecule has 0 aliphatic heterocycles. The van der Waals surface area contributed by atoms with Crippen molar-refractivity contribution in [2.45, 2.75) is 5.75 Å². The van der Waals surface area contributed by atoms with Gasteiger partial charge in [-0.2, -0.15) is 11.8 Å². The third kappa shape index (κ3) is 5.12. The highest BCUT2D eigenvalue weighted by Gasteiger charge is 2.15. The minimum atomic E-state index is -0.203. The number of para-hydroxylation sites is 2. The fourth-order valence-corrected chi connectivity index (χ4v) is 3.51. The summed E-state index contributed by atoms with van der Waals surface area (Å²) in [4.78, 5) is 19.2. The van der Waals surface area contributed by atoms with Crippen LogP contribution in [0.15, 0.2) is 72.9 Å². The zero-order valence-electron chi connectivity index (χ0n) is 15.7. The van der Waals surface area contributed by atoms with Gasteiger partial charge in [0.1, 0.15) is 5.82 Å². The number of hydrogen-bond acceptors (Lipinski definition) is 5. The Bertz CT molecular complexity index is 918. The number of thioether (sulfide) groups is 1. The third-order valence-electron chi connectivity index (χ3n) is 4.22. The largest absolute Gasteiger partial charge is 0.396 e. The Balaban J connectivity index is 1.78. The molecule has 0 aliphatic rings. The van der Waals surface area contributed by atoms with Crippen molar-refractivity contribution in [3.63, 3.8) is 0 Å². The summed E-state index contributed by atoms with van der Waals surface area (Å²) >= 11 is 1.64. The highest BCUT2D eigenvalue weighted by atomic mass is 32.2. The van der Waals surface area contributed by atoms with Crippen molar-refractivity contribution in [3.8, 4) is 0 Å². The average molecular weight is 394 g/mol. The molecule has 0 bridgehead atoms. The molecule has 6 heteroatoms. The van der Waals surface area contributed by atoms with E-state index in [9.17, 15) is 4.79 Å². The van der Waals surface area contributed by atoms with Gasteiger partial charge in [-0.15, -0.1) is 0 Å². The van der Waals surface area contributed by atoms with Gasteiger partial charge in [0.2, 0.25) is 0 Å². The fraction of sp³-hybridized carbons (Fsp3) is 0.182. The van der Waals surface area contributed by atoms with Gasteiger partial charge in [-0.1, -0.05) is 30.3 Å². The summed E-state index contributed by atoms with van der Waals surface area (Å²) in [6, 6.07) is 21.2. The summed E-state index contributed by atoms with van der Waals surface area (Å²) in [7, 11) is 1.94. The van der Waals surface area contributed by atoms with Gasteiger partial charge in [0.15, 0.2) is 0 Å². The number of aromatic nitrogens is 1. The van der Waals surface area contributed by atoms with Gasteiger partial charge in [0.25, 0.3) is 5.91 Å². The van der Waals surface area contributed by atoms with Crippen LogP contribution in [0.5, 0.6) is 0 Å². The molecule has 0 spiro atoms. The molecule has 0 radical (unpaired) electrons. The Morgan fingerprint density at radius 2 is 1.86 bits per heavy atom. The number of amides is 1. The maximum absolute atomic E-state index is 12.9. The van der Waals surface area contributed by atoms with E-state index < -0.39 is 0 Å². The Labute approximate surface area is 169 Å². The van der Waals surface area contributed by atoms with E-state index in [2.05, 4.69) is 10.3 Å². The predicted molar refractivity (Wildman–Crippen MR) is 116 cm³/mol. The quantitative estimate of drug-likeness (QED) is 0.558. The third-order valence-corrected chi connectivity index (χ3v) is 5.23. The van der Waals surface area contributed by atoms with Gasteiger partial charge in [-0.05, 0) is 42.0 Å². The smallest absolute Gasteiger partial charge is 0.258 e. The van der Waals surface area contributed by atoms with E-state index >= 15 is 0 Å². The van der Waals surface area contributed by atoms with Gasteiger partial charge < -0.3 is 15.3 Å². The maximum Gasteiger partial charge on any atom is 0.258 e. The molecule has 2 aromatic carbocycles. The van der Waals surface area contributed by atoms with Crippen molar-refractivity contribution in [3.05, 3.63) is 84.1 Å². The molecule has 1 amide bonds. The first-order valence-electron chi connectivity index (χ1n) is 9.01. The summed E-state index contributed by atoms with van der Waals surface area (Å²) in [5.41, 5.74) is 3.46. The first kappa shape index (κ1) is 19.9. The highest BCUT2D eigenvalue weighted by Crippen LogP contribution is 2.27. The SMILES string of the molecule is CN(c1ccccc1)c1ccccc1C(=O)Nc1cc(CSCCO)ccn1. The van der Waals surface area contributed by atoms with Gasteiger partial charge >= 0.3 is 0 Å². The number of nitrogens with zero attached hydrogens (tertiary/aromatic N) is 2. The van der Waals surface area contributed by atoms with E-state index in [1.807, 2.05) is 78.7 Å². The summed E-state index contributed by atoms with van der Waals surface area (Å²) < 4.78 is 0. The number of carbonyl (C=O) groups is 1. The molecule has 1 heterocycles. The summed E-state index contributed by atoms with van der Waals surface area (Å²) in [5.74, 6) is 1.76. The molecule has 0 fully saturated rings. The zero-order valence-corrected chi connectivity index (χ0v) is 16.5. The van der Waals surface area contributed by atoms with Crippen molar-refractivity contribution < 1.29 is 9.90 Å². The van der Waals surface area contributed by atoms with E-state index in [1.165, 1.54) is 0 Å². The van der Waals surface area contributed by atoms with Gasteiger partial charge in [-0.3, -0.25) is 4.79 Å². The summed E-state index contributed by atoms with van der Waals surface area (Å²) in [5, 5.41) is 11.8. The number of hydrogen-bond donors (Lipinski definition) is 2. The average Bonchev–Trinajstić information content (AvgIpc) is 2.74. The zero-order chi connectivity index (χ0) is 19.8. The first-order valence-corrected chi connectivity index (χ1v) is 10.2. The highest BCUT2D eigenvalue weighted by molar-refractivity contribution is 7.98. The van der Waals surface area contributed by atoms with Crippen LogP contribution >= 0.6 is 11.8 Å². The Hall–Kier alpha value is -2.83. The second-order valence-corrected chi connectivity index (χ2v) is 7.30. The molecule has 3 rings (SSSR count). The van der Waals surface area contributed by atoms with Crippen molar-refractivity contribution in [1.29, 1.82) is 0 Å². The van der Waals surface area contributed by atoms with Gasteiger partial charge in [0, 0.05) is 30.4 Å². The Morgan fingerprint density at radius 1 is 1.11 bits per heavy atom. The van der Waals surface area contributed by atoms with Crippen molar-refractivity contribution >= 4 is 34.9 Å².